The lowest BCUT2D eigenvalue weighted by Crippen LogP contribution is -2.14. The van der Waals surface area contributed by atoms with Crippen molar-refractivity contribution in [3.8, 4) is 0 Å². The maximum absolute atomic E-state index is 12.4. The molecule has 0 atom stereocenters. The Morgan fingerprint density at radius 2 is 1.81 bits per heavy atom. The molecule has 4 nitrogen and oxygen atoms in total. The second-order valence-corrected chi connectivity index (χ2v) is 4.24. The van der Waals surface area contributed by atoms with Gasteiger partial charge in [0.05, 0.1) is 12.2 Å². The number of anilines is 1. The molecule has 0 fully saturated rings. The molecule has 1 amide bonds. The minimum atomic E-state index is -4.53. The maximum Gasteiger partial charge on any atom is 0.433 e. The number of hydrogen-bond donors (Lipinski definition) is 2. The van der Waals surface area contributed by atoms with Crippen molar-refractivity contribution in [1.29, 1.82) is 0 Å². The molecule has 1 aromatic carbocycles. The number of alkyl halides is 3. The molecule has 0 bridgehead atoms. The van der Waals surface area contributed by atoms with E-state index in [4.69, 9.17) is 5.11 Å². The Kier molecular flexibility index (Phi) is 4.23. The van der Waals surface area contributed by atoms with E-state index in [2.05, 4.69) is 10.3 Å². The van der Waals surface area contributed by atoms with E-state index in [0.29, 0.717) is 11.3 Å². The quantitative estimate of drug-likeness (QED) is 0.915. The molecule has 7 heteroatoms. The summed E-state index contributed by atoms with van der Waals surface area (Å²) in [6.07, 6.45) is -3.66. The molecule has 0 aliphatic carbocycles. The van der Waals surface area contributed by atoms with E-state index < -0.39 is 17.8 Å². The number of halogens is 3. The van der Waals surface area contributed by atoms with Crippen LogP contribution in [-0.2, 0) is 12.8 Å². The monoisotopic (exact) mass is 296 g/mol. The van der Waals surface area contributed by atoms with Crippen molar-refractivity contribution in [1.82, 2.24) is 4.98 Å². The third-order valence-corrected chi connectivity index (χ3v) is 2.71. The van der Waals surface area contributed by atoms with Gasteiger partial charge in [-0.2, -0.15) is 13.2 Å². The van der Waals surface area contributed by atoms with Crippen LogP contribution >= 0.6 is 0 Å². The third-order valence-electron chi connectivity index (χ3n) is 2.71. The van der Waals surface area contributed by atoms with Gasteiger partial charge in [-0.1, -0.05) is 12.1 Å². The van der Waals surface area contributed by atoms with Gasteiger partial charge >= 0.3 is 6.18 Å². The molecule has 1 aromatic heterocycles. The Morgan fingerprint density at radius 3 is 2.29 bits per heavy atom. The number of benzene rings is 1. The maximum atomic E-state index is 12.4. The number of nitrogens with one attached hydrogen (secondary N) is 1. The number of carbonyl (C=O) groups excluding carboxylic acids is 1. The van der Waals surface area contributed by atoms with E-state index in [-0.39, 0.29) is 12.2 Å². The topological polar surface area (TPSA) is 62.2 Å². The normalized spacial score (nSPS) is 11.2. The summed E-state index contributed by atoms with van der Waals surface area (Å²) >= 11 is 0. The summed E-state index contributed by atoms with van der Waals surface area (Å²) in [6, 6.07) is 8.24. The highest BCUT2D eigenvalue weighted by Crippen LogP contribution is 2.27. The predicted molar refractivity (Wildman–Crippen MR) is 69.6 cm³/mol. The van der Waals surface area contributed by atoms with E-state index in [9.17, 15) is 18.0 Å². The van der Waals surface area contributed by atoms with Crippen molar-refractivity contribution in [2.75, 3.05) is 5.32 Å². The summed E-state index contributed by atoms with van der Waals surface area (Å²) in [7, 11) is 0. The number of hydrogen-bond acceptors (Lipinski definition) is 3. The zero-order chi connectivity index (χ0) is 15.5. The van der Waals surface area contributed by atoms with Crippen LogP contribution in [0.3, 0.4) is 0 Å². The van der Waals surface area contributed by atoms with Crippen molar-refractivity contribution in [2.24, 2.45) is 0 Å². The first kappa shape index (κ1) is 15.0. The third kappa shape index (κ3) is 3.79. The fourth-order valence-electron chi connectivity index (χ4n) is 1.59. The molecule has 0 saturated heterocycles. The highest BCUT2D eigenvalue weighted by molar-refractivity contribution is 6.04. The van der Waals surface area contributed by atoms with Crippen LogP contribution in [0.4, 0.5) is 18.9 Å². The first-order valence-electron chi connectivity index (χ1n) is 5.94. The first-order chi connectivity index (χ1) is 9.90. The molecule has 2 N–H and O–H groups in total. The van der Waals surface area contributed by atoms with E-state index >= 15 is 0 Å². The van der Waals surface area contributed by atoms with Crippen LogP contribution in [0.5, 0.6) is 0 Å². The highest BCUT2D eigenvalue weighted by atomic mass is 19.4. The van der Waals surface area contributed by atoms with Crippen molar-refractivity contribution in [2.45, 2.75) is 12.8 Å². The molecular weight excluding hydrogens is 285 g/mol. The minimum absolute atomic E-state index is 0.0224. The number of rotatable bonds is 3. The molecule has 0 spiro atoms. The van der Waals surface area contributed by atoms with Crippen LogP contribution in [0.15, 0.2) is 42.6 Å². The first-order valence-corrected chi connectivity index (χ1v) is 5.94. The SMILES string of the molecule is O=C(Nc1ccc(CO)cc1)c1ccc(C(F)(F)F)nc1. The van der Waals surface area contributed by atoms with Crippen LogP contribution in [0.2, 0.25) is 0 Å². The highest BCUT2D eigenvalue weighted by Gasteiger charge is 2.32. The number of aromatic nitrogens is 1. The standard InChI is InChI=1S/C14H11F3N2O2/c15-14(16,17)12-6-3-10(7-18-12)13(21)19-11-4-1-9(8-20)2-5-11/h1-7,20H,8H2,(H,19,21). The molecular formula is C14H11F3N2O2. The average molecular weight is 296 g/mol. The number of amides is 1. The molecule has 1 heterocycles. The van der Waals surface area contributed by atoms with Gasteiger partial charge in [0.1, 0.15) is 5.69 Å². The van der Waals surface area contributed by atoms with Crippen molar-refractivity contribution >= 4 is 11.6 Å². The van der Waals surface area contributed by atoms with E-state index in [0.717, 1.165) is 18.3 Å². The van der Waals surface area contributed by atoms with Gasteiger partial charge in [0.15, 0.2) is 0 Å². The van der Waals surface area contributed by atoms with E-state index in [1.165, 1.54) is 0 Å². The minimum Gasteiger partial charge on any atom is -0.392 e. The number of carbonyl (C=O) groups is 1. The van der Waals surface area contributed by atoms with Crippen LogP contribution in [0, 0.1) is 0 Å². The Hall–Kier alpha value is -2.41. The van der Waals surface area contributed by atoms with E-state index in [1.54, 1.807) is 24.3 Å². The lowest BCUT2D eigenvalue weighted by Gasteiger charge is -2.08. The summed E-state index contributed by atoms with van der Waals surface area (Å²) in [5.74, 6) is -0.562. The van der Waals surface area contributed by atoms with Crippen LogP contribution in [0.1, 0.15) is 21.6 Å². The molecule has 0 unspecified atom stereocenters. The predicted octanol–water partition coefficient (Wildman–Crippen LogP) is 2.85. The zero-order valence-corrected chi connectivity index (χ0v) is 10.7. The molecule has 21 heavy (non-hydrogen) atoms. The average Bonchev–Trinajstić information content (AvgIpc) is 2.47. The van der Waals surface area contributed by atoms with Crippen molar-refractivity contribution < 1.29 is 23.1 Å². The van der Waals surface area contributed by atoms with Crippen LogP contribution in [0.25, 0.3) is 0 Å². The van der Waals surface area contributed by atoms with Gasteiger partial charge in [-0.3, -0.25) is 9.78 Å². The van der Waals surface area contributed by atoms with Gasteiger partial charge in [0.25, 0.3) is 5.91 Å². The molecule has 0 saturated carbocycles. The second-order valence-electron chi connectivity index (χ2n) is 4.24. The Balaban J connectivity index is 2.09. The lowest BCUT2D eigenvalue weighted by molar-refractivity contribution is -0.141. The van der Waals surface area contributed by atoms with Crippen molar-refractivity contribution in [3.05, 3.63) is 59.4 Å². The molecule has 0 aliphatic heterocycles. The van der Waals surface area contributed by atoms with Gasteiger partial charge in [-0.25, -0.2) is 0 Å². The zero-order valence-electron chi connectivity index (χ0n) is 10.7. The van der Waals surface area contributed by atoms with Crippen LogP contribution in [-0.4, -0.2) is 16.0 Å². The van der Waals surface area contributed by atoms with Gasteiger partial charge in [-0.05, 0) is 29.8 Å². The molecule has 2 aromatic rings. The summed E-state index contributed by atoms with van der Waals surface area (Å²) in [4.78, 5) is 15.1. The van der Waals surface area contributed by atoms with Gasteiger partial charge in [-0.15, -0.1) is 0 Å². The Morgan fingerprint density at radius 1 is 1.14 bits per heavy atom. The summed E-state index contributed by atoms with van der Waals surface area (Å²) in [6.45, 7) is -0.114. The summed E-state index contributed by atoms with van der Waals surface area (Å²) < 4.78 is 37.1. The molecule has 2 rings (SSSR count). The summed E-state index contributed by atoms with van der Waals surface area (Å²) in [5.41, 5.74) is 0.127. The van der Waals surface area contributed by atoms with Crippen LogP contribution < -0.4 is 5.32 Å². The van der Waals surface area contributed by atoms with Crippen molar-refractivity contribution in [3.63, 3.8) is 0 Å². The fraction of sp³-hybridized carbons (Fsp3) is 0.143. The number of aliphatic hydroxyl groups is 1. The fourth-order valence-corrected chi connectivity index (χ4v) is 1.59. The van der Waals surface area contributed by atoms with Gasteiger partial charge in [0, 0.05) is 11.9 Å². The molecule has 0 aliphatic rings. The number of pyridine rings is 1. The lowest BCUT2D eigenvalue weighted by atomic mass is 10.2. The number of nitrogens with zero attached hydrogens (tertiary/aromatic N) is 1. The molecule has 0 radical (unpaired) electrons. The second kappa shape index (κ2) is 5.92. The Bertz CT molecular complexity index is 622. The van der Waals surface area contributed by atoms with E-state index in [1.807, 2.05) is 0 Å². The Labute approximate surface area is 118 Å². The smallest absolute Gasteiger partial charge is 0.392 e. The van der Waals surface area contributed by atoms with Gasteiger partial charge in [0.2, 0.25) is 0 Å². The van der Waals surface area contributed by atoms with Gasteiger partial charge < -0.3 is 10.4 Å². The largest absolute Gasteiger partial charge is 0.433 e. The number of aliphatic hydroxyl groups excluding tert-OH is 1. The summed E-state index contributed by atoms with van der Waals surface area (Å²) in [5, 5.41) is 11.4. The molecule has 110 valence electrons.